The second-order valence-electron chi connectivity index (χ2n) is 4.88. The summed E-state index contributed by atoms with van der Waals surface area (Å²) in [5, 5.41) is 12.9. The maximum atomic E-state index is 10.8. The van der Waals surface area contributed by atoms with Crippen molar-refractivity contribution in [3.05, 3.63) is 17.5 Å². The van der Waals surface area contributed by atoms with Gasteiger partial charge in [-0.3, -0.25) is 4.68 Å². The third kappa shape index (κ3) is 3.08. The maximum Gasteiger partial charge on any atom is 0.356 e. The van der Waals surface area contributed by atoms with Crippen LogP contribution in [0.5, 0.6) is 0 Å². The average Bonchev–Trinajstić information content (AvgIpc) is 2.44. The molecule has 0 aliphatic heterocycles. The second-order valence-corrected chi connectivity index (χ2v) is 4.88. The van der Waals surface area contributed by atoms with Gasteiger partial charge < -0.3 is 5.11 Å². The normalized spacial score (nSPS) is 11.7. The molecule has 84 valence electrons. The van der Waals surface area contributed by atoms with Crippen LogP contribution in [0.4, 0.5) is 0 Å². The monoisotopic (exact) mass is 210 g/mol. The van der Waals surface area contributed by atoms with Gasteiger partial charge in [0.1, 0.15) is 0 Å². The lowest BCUT2D eigenvalue weighted by molar-refractivity contribution is 0.0689. The first-order valence-electron chi connectivity index (χ1n) is 5.13. The van der Waals surface area contributed by atoms with Gasteiger partial charge in [-0.05, 0) is 24.8 Å². The number of hydrogen-bond donors (Lipinski definition) is 1. The minimum absolute atomic E-state index is 0.135. The topological polar surface area (TPSA) is 55.1 Å². The van der Waals surface area contributed by atoms with Gasteiger partial charge in [0.05, 0.1) is 0 Å². The predicted molar refractivity (Wildman–Crippen MR) is 58.0 cm³/mol. The third-order valence-electron chi connectivity index (χ3n) is 2.09. The number of nitrogens with zero attached hydrogens (tertiary/aromatic N) is 2. The first kappa shape index (κ1) is 11.8. The standard InChI is InChI=1S/C11H18N2O2/c1-5-13-8(7-11(2,3)4)6-9(12-13)10(14)15/h6H,5,7H2,1-4H3,(H,14,15). The van der Waals surface area contributed by atoms with Gasteiger partial charge in [-0.1, -0.05) is 20.8 Å². The second kappa shape index (κ2) is 4.04. The number of hydrogen-bond acceptors (Lipinski definition) is 2. The molecule has 1 N–H and O–H groups in total. The van der Waals surface area contributed by atoms with E-state index in [1.54, 1.807) is 10.7 Å². The molecular weight excluding hydrogens is 192 g/mol. The van der Waals surface area contributed by atoms with Gasteiger partial charge in [-0.25, -0.2) is 4.79 Å². The Balaban J connectivity index is 3.01. The van der Waals surface area contributed by atoms with Crippen LogP contribution >= 0.6 is 0 Å². The van der Waals surface area contributed by atoms with Gasteiger partial charge in [0.25, 0.3) is 0 Å². The molecule has 0 spiro atoms. The Morgan fingerprint density at radius 3 is 2.53 bits per heavy atom. The zero-order valence-electron chi connectivity index (χ0n) is 9.74. The summed E-state index contributed by atoms with van der Waals surface area (Å²) < 4.78 is 1.76. The zero-order chi connectivity index (χ0) is 11.6. The Kier molecular flexibility index (Phi) is 3.17. The van der Waals surface area contributed by atoms with Crippen molar-refractivity contribution in [2.75, 3.05) is 0 Å². The Morgan fingerprint density at radius 1 is 1.53 bits per heavy atom. The van der Waals surface area contributed by atoms with E-state index in [1.807, 2.05) is 6.92 Å². The molecule has 0 bridgehead atoms. The Labute approximate surface area is 89.9 Å². The average molecular weight is 210 g/mol. The van der Waals surface area contributed by atoms with E-state index >= 15 is 0 Å². The SMILES string of the molecule is CCn1nc(C(=O)O)cc1CC(C)(C)C. The summed E-state index contributed by atoms with van der Waals surface area (Å²) in [6.45, 7) is 9.05. The van der Waals surface area contributed by atoms with Crippen LogP contribution in [0.15, 0.2) is 6.07 Å². The van der Waals surface area contributed by atoms with Crippen LogP contribution in [0.25, 0.3) is 0 Å². The summed E-state index contributed by atoms with van der Waals surface area (Å²) in [5.74, 6) is -0.961. The molecule has 15 heavy (non-hydrogen) atoms. The van der Waals surface area contributed by atoms with Gasteiger partial charge in [0.2, 0.25) is 0 Å². The molecular formula is C11H18N2O2. The number of aryl methyl sites for hydroxylation is 1. The predicted octanol–water partition coefficient (Wildman–Crippen LogP) is 2.19. The van der Waals surface area contributed by atoms with E-state index in [2.05, 4.69) is 25.9 Å². The summed E-state index contributed by atoms with van der Waals surface area (Å²) in [6, 6.07) is 1.66. The summed E-state index contributed by atoms with van der Waals surface area (Å²) >= 11 is 0. The fourth-order valence-electron chi connectivity index (χ4n) is 1.52. The molecule has 0 radical (unpaired) electrons. The largest absolute Gasteiger partial charge is 0.476 e. The first-order chi connectivity index (χ1) is 6.83. The summed E-state index contributed by atoms with van der Waals surface area (Å²) in [4.78, 5) is 10.8. The molecule has 0 atom stereocenters. The van der Waals surface area contributed by atoms with Gasteiger partial charge in [0, 0.05) is 12.2 Å². The molecule has 4 heteroatoms. The molecule has 0 saturated carbocycles. The van der Waals surface area contributed by atoms with E-state index in [9.17, 15) is 4.79 Å². The number of carboxylic acid groups (broad SMARTS) is 1. The van der Waals surface area contributed by atoms with E-state index in [-0.39, 0.29) is 11.1 Å². The molecule has 0 aliphatic rings. The first-order valence-corrected chi connectivity index (χ1v) is 5.13. The van der Waals surface area contributed by atoms with Crippen LogP contribution in [0.2, 0.25) is 0 Å². The van der Waals surface area contributed by atoms with Crippen molar-refractivity contribution < 1.29 is 9.90 Å². The summed E-state index contributed by atoms with van der Waals surface area (Å²) in [6.07, 6.45) is 0.834. The lowest BCUT2D eigenvalue weighted by atomic mass is 9.90. The molecule has 0 aliphatic carbocycles. The highest BCUT2D eigenvalue weighted by Gasteiger charge is 2.18. The van der Waals surface area contributed by atoms with Crippen molar-refractivity contribution in [2.24, 2.45) is 5.41 Å². The van der Waals surface area contributed by atoms with Gasteiger partial charge >= 0.3 is 5.97 Å². The number of rotatable bonds is 3. The Bertz CT molecular complexity index is 361. The molecule has 0 fully saturated rings. The molecule has 0 amide bonds. The summed E-state index contributed by atoms with van der Waals surface area (Å²) in [5.41, 5.74) is 1.27. The van der Waals surface area contributed by atoms with Crippen LogP contribution < -0.4 is 0 Å². The lowest BCUT2D eigenvalue weighted by Gasteiger charge is -2.18. The molecule has 4 nitrogen and oxygen atoms in total. The van der Waals surface area contributed by atoms with Crippen LogP contribution in [-0.4, -0.2) is 20.9 Å². The molecule has 0 saturated heterocycles. The highest BCUT2D eigenvalue weighted by atomic mass is 16.4. The summed E-state index contributed by atoms with van der Waals surface area (Å²) in [7, 11) is 0. The minimum atomic E-state index is -0.961. The molecule has 1 aromatic heterocycles. The number of aromatic nitrogens is 2. The van der Waals surface area contributed by atoms with Crippen molar-refractivity contribution in [1.29, 1.82) is 0 Å². The number of carbonyl (C=O) groups is 1. The molecule has 0 unspecified atom stereocenters. The number of aromatic carboxylic acids is 1. The number of carboxylic acids is 1. The Hall–Kier alpha value is -1.32. The lowest BCUT2D eigenvalue weighted by Crippen LogP contribution is -2.13. The van der Waals surface area contributed by atoms with Crippen molar-refractivity contribution in [2.45, 2.75) is 40.7 Å². The van der Waals surface area contributed by atoms with E-state index in [1.165, 1.54) is 0 Å². The van der Waals surface area contributed by atoms with E-state index < -0.39 is 5.97 Å². The van der Waals surface area contributed by atoms with Crippen molar-refractivity contribution in [1.82, 2.24) is 9.78 Å². The Morgan fingerprint density at radius 2 is 2.13 bits per heavy atom. The van der Waals surface area contributed by atoms with Crippen molar-refractivity contribution >= 4 is 5.97 Å². The van der Waals surface area contributed by atoms with Crippen LogP contribution in [0.3, 0.4) is 0 Å². The molecule has 1 heterocycles. The van der Waals surface area contributed by atoms with Crippen LogP contribution in [-0.2, 0) is 13.0 Å². The fraction of sp³-hybridized carbons (Fsp3) is 0.636. The zero-order valence-corrected chi connectivity index (χ0v) is 9.74. The quantitative estimate of drug-likeness (QED) is 0.832. The van der Waals surface area contributed by atoms with Gasteiger partial charge in [-0.15, -0.1) is 0 Å². The van der Waals surface area contributed by atoms with Gasteiger partial charge in [0.15, 0.2) is 5.69 Å². The van der Waals surface area contributed by atoms with Crippen LogP contribution in [0, 0.1) is 5.41 Å². The van der Waals surface area contributed by atoms with E-state index in [0.717, 1.165) is 12.1 Å². The highest BCUT2D eigenvalue weighted by molar-refractivity contribution is 5.85. The van der Waals surface area contributed by atoms with E-state index in [4.69, 9.17) is 5.11 Å². The smallest absolute Gasteiger partial charge is 0.356 e. The van der Waals surface area contributed by atoms with E-state index in [0.29, 0.717) is 6.54 Å². The van der Waals surface area contributed by atoms with Crippen LogP contribution in [0.1, 0.15) is 43.9 Å². The molecule has 1 rings (SSSR count). The fourth-order valence-corrected chi connectivity index (χ4v) is 1.52. The molecule has 1 aromatic rings. The highest BCUT2D eigenvalue weighted by Crippen LogP contribution is 2.21. The minimum Gasteiger partial charge on any atom is -0.476 e. The maximum absolute atomic E-state index is 10.8. The molecule has 0 aromatic carbocycles. The van der Waals surface area contributed by atoms with Gasteiger partial charge in [-0.2, -0.15) is 5.10 Å². The van der Waals surface area contributed by atoms with Crippen molar-refractivity contribution in [3.8, 4) is 0 Å². The third-order valence-corrected chi connectivity index (χ3v) is 2.09. The van der Waals surface area contributed by atoms with Crippen molar-refractivity contribution in [3.63, 3.8) is 0 Å².